The Morgan fingerprint density at radius 2 is 1.45 bits per heavy atom. The van der Waals surface area contributed by atoms with Gasteiger partial charge in [-0.3, -0.25) is 9.59 Å². The number of carbonyl (C=O) groups is 2. The molecule has 0 fully saturated rings. The summed E-state index contributed by atoms with van der Waals surface area (Å²) in [5.74, 6) is -0.752. The second-order valence-corrected chi connectivity index (χ2v) is 10.1. The number of esters is 1. The van der Waals surface area contributed by atoms with E-state index in [0.717, 1.165) is 21.2 Å². The number of anilines is 3. The van der Waals surface area contributed by atoms with Gasteiger partial charge in [-0.25, -0.2) is 0 Å². The number of ether oxygens (including phenoxy) is 1. The lowest BCUT2D eigenvalue weighted by Gasteiger charge is -2.32. The number of para-hydroxylation sites is 2. The van der Waals surface area contributed by atoms with E-state index in [1.165, 1.54) is 5.56 Å². The molecule has 0 saturated carbocycles. The van der Waals surface area contributed by atoms with E-state index in [2.05, 4.69) is 55.3 Å². The topological polar surface area (TPSA) is 58.6 Å². The molecule has 0 bridgehead atoms. The zero-order valence-electron chi connectivity index (χ0n) is 19.1. The number of hydrogen-bond acceptors (Lipinski definition) is 5. The summed E-state index contributed by atoms with van der Waals surface area (Å²) in [6.45, 7) is 6.59. The Morgan fingerprint density at radius 1 is 0.879 bits per heavy atom. The van der Waals surface area contributed by atoms with Crippen molar-refractivity contribution in [2.75, 3.05) is 23.4 Å². The number of hydrogen-bond donors (Lipinski definition) is 1. The molecule has 170 valence electrons. The molecule has 4 rings (SSSR count). The predicted molar refractivity (Wildman–Crippen MR) is 133 cm³/mol. The molecule has 1 heterocycles. The number of rotatable bonds is 6. The molecular formula is C27H28N2O3S. The largest absolute Gasteiger partial charge is 0.456 e. The molecule has 3 aromatic rings. The molecule has 0 aromatic heterocycles. The molecule has 1 aliphatic heterocycles. The lowest BCUT2D eigenvalue weighted by molar-refractivity contribution is -0.147. The Balaban J connectivity index is 1.31. The number of fused-ring (bicyclic) bond motifs is 2. The molecule has 1 aliphatic rings. The summed E-state index contributed by atoms with van der Waals surface area (Å²) in [5, 5.41) is 2.78. The van der Waals surface area contributed by atoms with Crippen molar-refractivity contribution >= 4 is 40.7 Å². The average molecular weight is 461 g/mol. The number of nitrogens with zero attached hydrogens (tertiary/aromatic N) is 1. The molecule has 5 nitrogen and oxygen atoms in total. The first kappa shape index (κ1) is 22.9. The van der Waals surface area contributed by atoms with Gasteiger partial charge in [-0.2, -0.15) is 0 Å². The summed E-state index contributed by atoms with van der Waals surface area (Å²) in [6.07, 6.45) is 0.181. The fourth-order valence-corrected chi connectivity index (χ4v) is 4.79. The Labute approximate surface area is 199 Å². The van der Waals surface area contributed by atoms with Crippen LogP contribution in [-0.4, -0.2) is 25.0 Å². The fourth-order valence-electron chi connectivity index (χ4n) is 3.69. The van der Waals surface area contributed by atoms with E-state index >= 15 is 0 Å². The van der Waals surface area contributed by atoms with Crippen molar-refractivity contribution in [3.63, 3.8) is 0 Å². The molecule has 1 N–H and O–H groups in total. The normalized spacial score (nSPS) is 12.5. The Kier molecular flexibility index (Phi) is 6.75. The van der Waals surface area contributed by atoms with Crippen LogP contribution in [0.15, 0.2) is 82.6 Å². The molecule has 3 aromatic carbocycles. The lowest BCUT2D eigenvalue weighted by atomic mass is 9.87. The minimum atomic E-state index is -0.401. The van der Waals surface area contributed by atoms with Crippen LogP contribution in [0.2, 0.25) is 0 Å². The van der Waals surface area contributed by atoms with E-state index in [-0.39, 0.29) is 24.3 Å². The quantitative estimate of drug-likeness (QED) is 0.447. The van der Waals surface area contributed by atoms with E-state index in [0.29, 0.717) is 12.2 Å². The number of benzene rings is 3. The van der Waals surface area contributed by atoms with Crippen molar-refractivity contribution in [3.05, 3.63) is 78.4 Å². The van der Waals surface area contributed by atoms with E-state index in [1.54, 1.807) is 11.8 Å². The first-order valence-electron chi connectivity index (χ1n) is 11.0. The number of amides is 1. The van der Waals surface area contributed by atoms with Crippen LogP contribution in [0.5, 0.6) is 0 Å². The van der Waals surface area contributed by atoms with Crippen LogP contribution in [0.1, 0.15) is 32.8 Å². The van der Waals surface area contributed by atoms with Crippen molar-refractivity contribution in [2.45, 2.75) is 42.4 Å². The highest BCUT2D eigenvalue weighted by atomic mass is 32.2. The molecule has 6 heteroatoms. The summed E-state index contributed by atoms with van der Waals surface area (Å²) in [4.78, 5) is 29.1. The van der Waals surface area contributed by atoms with Crippen molar-refractivity contribution in [1.82, 2.24) is 0 Å². The van der Waals surface area contributed by atoms with Crippen LogP contribution in [0.4, 0.5) is 17.1 Å². The minimum absolute atomic E-state index is 0.0478. The summed E-state index contributed by atoms with van der Waals surface area (Å²) < 4.78 is 5.24. The molecular weight excluding hydrogens is 432 g/mol. The molecule has 0 atom stereocenters. The van der Waals surface area contributed by atoms with Crippen molar-refractivity contribution in [2.24, 2.45) is 0 Å². The smallest absolute Gasteiger partial charge is 0.308 e. The Morgan fingerprint density at radius 3 is 2.03 bits per heavy atom. The third-order valence-electron chi connectivity index (χ3n) is 5.47. The molecule has 0 radical (unpaired) electrons. The van der Waals surface area contributed by atoms with Crippen molar-refractivity contribution in [3.8, 4) is 0 Å². The zero-order chi connectivity index (χ0) is 23.4. The second kappa shape index (κ2) is 9.71. The molecule has 1 amide bonds. The highest BCUT2D eigenvalue weighted by molar-refractivity contribution is 7.99. The van der Waals surface area contributed by atoms with E-state index < -0.39 is 5.97 Å². The summed E-state index contributed by atoms with van der Waals surface area (Å²) in [6, 6.07) is 24.0. The minimum Gasteiger partial charge on any atom is -0.456 e. The maximum absolute atomic E-state index is 12.4. The SMILES string of the molecule is CC(C)(C)c1ccc(NC(=O)COC(=O)CCN2c3ccccc3Sc3ccccc32)cc1. The van der Waals surface area contributed by atoms with Crippen LogP contribution in [0.3, 0.4) is 0 Å². The maximum atomic E-state index is 12.4. The molecule has 0 aliphatic carbocycles. The van der Waals surface area contributed by atoms with E-state index in [1.807, 2.05) is 48.5 Å². The van der Waals surface area contributed by atoms with Crippen LogP contribution in [0, 0.1) is 0 Å². The first-order chi connectivity index (χ1) is 15.8. The molecule has 0 unspecified atom stereocenters. The van der Waals surface area contributed by atoms with E-state index in [4.69, 9.17) is 4.74 Å². The van der Waals surface area contributed by atoms with Crippen LogP contribution in [0.25, 0.3) is 0 Å². The van der Waals surface area contributed by atoms with Crippen LogP contribution < -0.4 is 10.2 Å². The average Bonchev–Trinajstić information content (AvgIpc) is 2.80. The predicted octanol–water partition coefficient (Wildman–Crippen LogP) is 6.16. The first-order valence-corrected chi connectivity index (χ1v) is 11.8. The zero-order valence-corrected chi connectivity index (χ0v) is 19.9. The van der Waals surface area contributed by atoms with Gasteiger partial charge in [0, 0.05) is 22.0 Å². The third kappa shape index (κ3) is 5.57. The highest BCUT2D eigenvalue weighted by Crippen LogP contribution is 2.47. The van der Waals surface area contributed by atoms with Gasteiger partial charge in [-0.05, 0) is 47.4 Å². The highest BCUT2D eigenvalue weighted by Gasteiger charge is 2.23. The standard InChI is InChI=1S/C27H28N2O3S/c1-27(2,3)19-12-14-20(15-13-19)28-25(30)18-32-26(31)16-17-29-21-8-4-6-10-23(21)33-24-11-7-5-9-22(24)29/h4-15H,16-18H2,1-3H3,(H,28,30). The Bertz CT molecular complexity index is 1110. The second-order valence-electron chi connectivity index (χ2n) is 8.98. The van der Waals surface area contributed by atoms with Gasteiger partial charge in [0.2, 0.25) is 0 Å². The summed E-state index contributed by atoms with van der Waals surface area (Å²) in [7, 11) is 0. The van der Waals surface area contributed by atoms with Gasteiger partial charge in [0.05, 0.1) is 17.8 Å². The van der Waals surface area contributed by atoms with Crippen LogP contribution >= 0.6 is 11.8 Å². The Hall–Kier alpha value is -3.25. The fraction of sp³-hybridized carbons (Fsp3) is 0.259. The van der Waals surface area contributed by atoms with Gasteiger partial charge in [0.1, 0.15) is 0 Å². The van der Waals surface area contributed by atoms with Gasteiger partial charge < -0.3 is 15.0 Å². The lowest BCUT2D eigenvalue weighted by Crippen LogP contribution is -2.26. The van der Waals surface area contributed by atoms with Gasteiger partial charge in [-0.15, -0.1) is 0 Å². The maximum Gasteiger partial charge on any atom is 0.308 e. The van der Waals surface area contributed by atoms with Crippen molar-refractivity contribution < 1.29 is 14.3 Å². The van der Waals surface area contributed by atoms with Gasteiger partial charge >= 0.3 is 5.97 Å². The van der Waals surface area contributed by atoms with Crippen molar-refractivity contribution in [1.29, 1.82) is 0 Å². The number of carbonyl (C=O) groups excluding carboxylic acids is 2. The molecule has 0 spiro atoms. The summed E-state index contributed by atoms with van der Waals surface area (Å²) in [5.41, 5.74) is 4.07. The number of nitrogens with one attached hydrogen (secondary N) is 1. The third-order valence-corrected chi connectivity index (χ3v) is 6.60. The van der Waals surface area contributed by atoms with E-state index in [9.17, 15) is 9.59 Å². The monoisotopic (exact) mass is 460 g/mol. The van der Waals surface area contributed by atoms with Gasteiger partial charge in [0.15, 0.2) is 6.61 Å². The van der Waals surface area contributed by atoms with Gasteiger partial charge in [0.25, 0.3) is 5.91 Å². The summed E-state index contributed by atoms with van der Waals surface area (Å²) >= 11 is 1.73. The van der Waals surface area contributed by atoms with Crippen LogP contribution in [-0.2, 0) is 19.7 Å². The molecule has 0 saturated heterocycles. The molecule has 33 heavy (non-hydrogen) atoms. The van der Waals surface area contributed by atoms with Gasteiger partial charge in [-0.1, -0.05) is 68.9 Å².